The minimum atomic E-state index is -0.847. The first kappa shape index (κ1) is 17.2. The molecule has 0 aliphatic carbocycles. The quantitative estimate of drug-likeness (QED) is 0.644. The number of carbonyl (C=O) groups is 1. The standard InChI is InChI=1S/C20H21FN2O2/c1-13-2-8-18-17(10-13)15(11-22-18)5-9-20(25)23-12-19(24)14-3-6-16(21)7-4-14/h2-4,6-8,10-11,19,22,24H,5,9,12H2,1H3,(H,23,25). The number of aromatic nitrogens is 1. The van der Waals surface area contributed by atoms with Gasteiger partial charge in [-0.2, -0.15) is 0 Å². The SMILES string of the molecule is Cc1ccc2[nH]cc(CCC(=O)NCC(O)c3ccc(F)cc3)c2c1. The Bertz CT molecular complexity index is 871. The largest absolute Gasteiger partial charge is 0.387 e. The van der Waals surface area contributed by atoms with Gasteiger partial charge in [-0.1, -0.05) is 23.8 Å². The number of nitrogens with one attached hydrogen (secondary N) is 2. The third-order valence-electron chi connectivity index (χ3n) is 4.29. The first-order valence-corrected chi connectivity index (χ1v) is 8.30. The Kier molecular flexibility index (Phi) is 5.14. The summed E-state index contributed by atoms with van der Waals surface area (Å²) in [4.78, 5) is 15.3. The van der Waals surface area contributed by atoms with Crippen LogP contribution in [0, 0.1) is 12.7 Å². The zero-order chi connectivity index (χ0) is 17.8. The maximum Gasteiger partial charge on any atom is 0.220 e. The van der Waals surface area contributed by atoms with E-state index < -0.39 is 6.10 Å². The van der Waals surface area contributed by atoms with Gasteiger partial charge in [0.1, 0.15) is 5.82 Å². The molecule has 0 radical (unpaired) electrons. The van der Waals surface area contributed by atoms with E-state index in [1.807, 2.05) is 25.3 Å². The summed E-state index contributed by atoms with van der Waals surface area (Å²) < 4.78 is 12.9. The lowest BCUT2D eigenvalue weighted by molar-refractivity contribution is -0.121. The zero-order valence-electron chi connectivity index (χ0n) is 14.1. The third-order valence-corrected chi connectivity index (χ3v) is 4.29. The van der Waals surface area contributed by atoms with Crippen LogP contribution in [0.2, 0.25) is 0 Å². The zero-order valence-corrected chi connectivity index (χ0v) is 14.1. The van der Waals surface area contributed by atoms with Gasteiger partial charge in [0, 0.05) is 30.1 Å². The molecule has 0 saturated carbocycles. The normalized spacial score (nSPS) is 12.3. The lowest BCUT2D eigenvalue weighted by atomic mass is 10.1. The number of aliphatic hydroxyl groups excluding tert-OH is 1. The Morgan fingerprint density at radius 2 is 2.00 bits per heavy atom. The predicted molar refractivity (Wildman–Crippen MR) is 95.7 cm³/mol. The Labute approximate surface area is 145 Å². The van der Waals surface area contributed by atoms with Gasteiger partial charge >= 0.3 is 0 Å². The minimum absolute atomic E-state index is 0.109. The molecule has 5 heteroatoms. The highest BCUT2D eigenvalue weighted by atomic mass is 19.1. The topological polar surface area (TPSA) is 65.1 Å². The summed E-state index contributed by atoms with van der Waals surface area (Å²) in [6.45, 7) is 2.15. The van der Waals surface area contributed by atoms with E-state index in [0.717, 1.165) is 16.5 Å². The monoisotopic (exact) mass is 340 g/mol. The second kappa shape index (κ2) is 7.49. The minimum Gasteiger partial charge on any atom is -0.387 e. The summed E-state index contributed by atoms with van der Waals surface area (Å²) in [7, 11) is 0. The molecular weight excluding hydrogens is 319 g/mol. The van der Waals surface area contributed by atoms with E-state index in [9.17, 15) is 14.3 Å². The highest BCUT2D eigenvalue weighted by molar-refractivity contribution is 5.84. The molecule has 3 aromatic rings. The number of halogens is 1. The van der Waals surface area contributed by atoms with E-state index in [1.54, 1.807) is 0 Å². The molecule has 3 rings (SSSR count). The molecule has 1 aromatic heterocycles. The molecule has 0 aliphatic heterocycles. The molecule has 25 heavy (non-hydrogen) atoms. The van der Waals surface area contributed by atoms with Crippen LogP contribution in [-0.4, -0.2) is 22.5 Å². The fourth-order valence-electron chi connectivity index (χ4n) is 2.85. The second-order valence-electron chi connectivity index (χ2n) is 6.23. The van der Waals surface area contributed by atoms with Crippen LogP contribution in [0.4, 0.5) is 4.39 Å². The van der Waals surface area contributed by atoms with Gasteiger partial charge in [-0.05, 0) is 48.7 Å². The molecular formula is C20H21FN2O2. The van der Waals surface area contributed by atoms with Gasteiger partial charge in [-0.25, -0.2) is 4.39 Å². The van der Waals surface area contributed by atoms with Crippen molar-refractivity contribution >= 4 is 16.8 Å². The summed E-state index contributed by atoms with van der Waals surface area (Å²) in [6, 6.07) is 11.8. The van der Waals surface area contributed by atoms with Crippen molar-refractivity contribution in [1.82, 2.24) is 10.3 Å². The van der Waals surface area contributed by atoms with Gasteiger partial charge in [-0.3, -0.25) is 4.79 Å². The van der Waals surface area contributed by atoms with Crippen LogP contribution < -0.4 is 5.32 Å². The summed E-state index contributed by atoms with van der Waals surface area (Å²) in [5.41, 5.74) is 3.93. The van der Waals surface area contributed by atoms with Crippen LogP contribution in [0.25, 0.3) is 10.9 Å². The van der Waals surface area contributed by atoms with E-state index >= 15 is 0 Å². The van der Waals surface area contributed by atoms with Gasteiger partial charge < -0.3 is 15.4 Å². The predicted octanol–water partition coefficient (Wildman–Crippen LogP) is 3.40. The Balaban J connectivity index is 1.52. The number of aliphatic hydroxyl groups is 1. The first-order chi connectivity index (χ1) is 12.0. The maximum atomic E-state index is 12.9. The molecule has 130 valence electrons. The van der Waals surface area contributed by atoms with E-state index in [4.69, 9.17) is 0 Å². The molecule has 0 spiro atoms. The van der Waals surface area contributed by atoms with Crippen molar-refractivity contribution in [2.45, 2.75) is 25.9 Å². The average Bonchev–Trinajstić information content (AvgIpc) is 3.00. The summed E-state index contributed by atoms with van der Waals surface area (Å²) >= 11 is 0. The van der Waals surface area contributed by atoms with Crippen LogP contribution >= 0.6 is 0 Å². The Morgan fingerprint density at radius 1 is 1.24 bits per heavy atom. The van der Waals surface area contributed by atoms with E-state index in [-0.39, 0.29) is 18.3 Å². The molecule has 0 aliphatic rings. The van der Waals surface area contributed by atoms with Crippen molar-refractivity contribution < 1.29 is 14.3 Å². The Hall–Kier alpha value is -2.66. The number of rotatable bonds is 6. The third kappa shape index (κ3) is 4.25. The smallest absolute Gasteiger partial charge is 0.220 e. The number of hydrogen-bond acceptors (Lipinski definition) is 2. The molecule has 4 nitrogen and oxygen atoms in total. The molecule has 1 heterocycles. The number of benzene rings is 2. The van der Waals surface area contributed by atoms with Crippen molar-refractivity contribution in [3.8, 4) is 0 Å². The van der Waals surface area contributed by atoms with Gasteiger partial charge in [0.25, 0.3) is 0 Å². The molecule has 0 fully saturated rings. The number of fused-ring (bicyclic) bond motifs is 1. The van der Waals surface area contributed by atoms with Crippen LogP contribution in [0.15, 0.2) is 48.7 Å². The highest BCUT2D eigenvalue weighted by Crippen LogP contribution is 2.21. The van der Waals surface area contributed by atoms with Crippen molar-refractivity contribution in [3.05, 3.63) is 71.2 Å². The molecule has 1 unspecified atom stereocenters. The highest BCUT2D eigenvalue weighted by Gasteiger charge is 2.11. The first-order valence-electron chi connectivity index (χ1n) is 8.30. The summed E-state index contributed by atoms with van der Waals surface area (Å²) in [5, 5.41) is 13.9. The van der Waals surface area contributed by atoms with Crippen molar-refractivity contribution in [3.63, 3.8) is 0 Å². The van der Waals surface area contributed by atoms with Crippen LogP contribution in [0.5, 0.6) is 0 Å². The van der Waals surface area contributed by atoms with E-state index in [2.05, 4.69) is 16.4 Å². The lowest BCUT2D eigenvalue weighted by Gasteiger charge is -2.12. The molecule has 0 bridgehead atoms. The number of H-pyrrole nitrogens is 1. The van der Waals surface area contributed by atoms with Crippen LogP contribution in [0.3, 0.4) is 0 Å². The van der Waals surface area contributed by atoms with Crippen molar-refractivity contribution in [2.24, 2.45) is 0 Å². The summed E-state index contributed by atoms with van der Waals surface area (Å²) in [5.74, 6) is -0.475. The number of amides is 1. The molecule has 3 N–H and O–H groups in total. The maximum absolute atomic E-state index is 12.9. The lowest BCUT2D eigenvalue weighted by Crippen LogP contribution is -2.28. The van der Waals surface area contributed by atoms with Gasteiger partial charge in [-0.15, -0.1) is 0 Å². The van der Waals surface area contributed by atoms with Crippen LogP contribution in [0.1, 0.15) is 29.2 Å². The summed E-state index contributed by atoms with van der Waals surface area (Å²) in [6.07, 6.45) is 2.06. The van der Waals surface area contributed by atoms with E-state index in [1.165, 1.54) is 29.8 Å². The Morgan fingerprint density at radius 3 is 2.76 bits per heavy atom. The molecule has 1 amide bonds. The fourth-order valence-corrected chi connectivity index (χ4v) is 2.85. The molecule has 2 aromatic carbocycles. The molecule has 0 saturated heterocycles. The van der Waals surface area contributed by atoms with Gasteiger partial charge in [0.15, 0.2) is 0 Å². The fraction of sp³-hybridized carbons (Fsp3) is 0.250. The number of aromatic amines is 1. The van der Waals surface area contributed by atoms with Gasteiger partial charge in [0.2, 0.25) is 5.91 Å². The number of aryl methyl sites for hydroxylation is 2. The van der Waals surface area contributed by atoms with Crippen LogP contribution in [-0.2, 0) is 11.2 Å². The number of hydrogen-bond donors (Lipinski definition) is 3. The average molecular weight is 340 g/mol. The number of carbonyl (C=O) groups excluding carboxylic acids is 1. The molecule has 1 atom stereocenters. The van der Waals surface area contributed by atoms with Crippen molar-refractivity contribution in [2.75, 3.05) is 6.54 Å². The second-order valence-corrected chi connectivity index (χ2v) is 6.23. The van der Waals surface area contributed by atoms with E-state index in [0.29, 0.717) is 18.4 Å². The van der Waals surface area contributed by atoms with Crippen molar-refractivity contribution in [1.29, 1.82) is 0 Å². The van der Waals surface area contributed by atoms with Gasteiger partial charge in [0.05, 0.1) is 6.10 Å².